The van der Waals surface area contributed by atoms with Gasteiger partial charge in [-0.05, 0) is 78.9 Å². The van der Waals surface area contributed by atoms with E-state index in [1.807, 2.05) is 6.07 Å². The van der Waals surface area contributed by atoms with Crippen molar-refractivity contribution in [2.24, 2.45) is 28.4 Å². The van der Waals surface area contributed by atoms with Gasteiger partial charge >= 0.3 is 0 Å². The average Bonchev–Trinajstić information content (AvgIpc) is 2.77. The predicted octanol–water partition coefficient (Wildman–Crippen LogP) is 4.69. The summed E-state index contributed by atoms with van der Waals surface area (Å²) in [6, 6.07) is 4.59. The van der Waals surface area contributed by atoms with Gasteiger partial charge in [0.05, 0.1) is 0 Å². The van der Waals surface area contributed by atoms with E-state index in [0.29, 0.717) is 29.0 Å². The first-order chi connectivity index (χ1) is 11.1. The standard InChI is InChI=1S/C22H33NO/c1-13-10-14-12-17-21(4)9-7-18(23)20(2,3)16(21)6-8-22(17,5)19(14)15(24)11-13/h10-11,16-18,24H,6-9,12,23H2,1-5H3. The summed E-state index contributed by atoms with van der Waals surface area (Å²) in [5.74, 6) is 1.84. The van der Waals surface area contributed by atoms with E-state index < -0.39 is 0 Å². The minimum atomic E-state index is 0.121. The summed E-state index contributed by atoms with van der Waals surface area (Å²) in [5, 5.41) is 10.7. The highest BCUT2D eigenvalue weighted by molar-refractivity contribution is 5.52. The van der Waals surface area contributed by atoms with Gasteiger partial charge in [-0.3, -0.25) is 0 Å². The molecule has 0 bridgehead atoms. The van der Waals surface area contributed by atoms with Crippen LogP contribution in [0.15, 0.2) is 12.1 Å². The van der Waals surface area contributed by atoms with Gasteiger partial charge in [0.1, 0.15) is 5.75 Å². The second-order valence-corrected chi connectivity index (χ2v) is 10.1. The Morgan fingerprint density at radius 1 is 1.04 bits per heavy atom. The Balaban J connectivity index is 1.83. The molecule has 2 saturated carbocycles. The van der Waals surface area contributed by atoms with Crippen LogP contribution in [0.25, 0.3) is 0 Å². The maximum atomic E-state index is 10.7. The lowest BCUT2D eigenvalue weighted by molar-refractivity contribution is -0.107. The monoisotopic (exact) mass is 327 g/mol. The average molecular weight is 328 g/mol. The molecule has 0 heterocycles. The van der Waals surface area contributed by atoms with Crippen LogP contribution in [-0.2, 0) is 11.8 Å². The van der Waals surface area contributed by atoms with Crippen LogP contribution < -0.4 is 5.73 Å². The van der Waals surface area contributed by atoms with Crippen molar-refractivity contribution < 1.29 is 5.11 Å². The van der Waals surface area contributed by atoms with Crippen LogP contribution in [0.3, 0.4) is 0 Å². The van der Waals surface area contributed by atoms with Crippen molar-refractivity contribution in [1.29, 1.82) is 0 Å². The molecule has 3 aliphatic rings. The smallest absolute Gasteiger partial charge is 0.119 e. The normalized spacial score (nSPS) is 43.0. The van der Waals surface area contributed by atoms with Crippen LogP contribution in [0.4, 0.5) is 0 Å². The van der Waals surface area contributed by atoms with E-state index in [2.05, 4.69) is 40.7 Å². The third kappa shape index (κ3) is 1.87. The fraction of sp³-hybridized carbons (Fsp3) is 0.727. The van der Waals surface area contributed by atoms with E-state index in [1.54, 1.807) is 0 Å². The van der Waals surface area contributed by atoms with Crippen molar-refractivity contribution in [3.8, 4) is 5.75 Å². The van der Waals surface area contributed by atoms with Crippen molar-refractivity contribution >= 4 is 0 Å². The third-order valence-electron chi connectivity index (χ3n) is 8.50. The van der Waals surface area contributed by atoms with Gasteiger partial charge in [0.25, 0.3) is 0 Å². The molecule has 0 radical (unpaired) electrons. The van der Waals surface area contributed by atoms with Gasteiger partial charge in [-0.15, -0.1) is 0 Å². The highest BCUT2D eigenvalue weighted by Gasteiger charge is 2.62. The Labute approximate surface area is 146 Å². The number of phenols is 1. The zero-order valence-electron chi connectivity index (χ0n) is 15.9. The second kappa shape index (κ2) is 4.78. The summed E-state index contributed by atoms with van der Waals surface area (Å²) < 4.78 is 0. The molecule has 2 heteroatoms. The number of hydrogen-bond acceptors (Lipinski definition) is 2. The summed E-state index contributed by atoms with van der Waals surface area (Å²) in [6.45, 7) is 11.8. The number of benzene rings is 1. The molecular weight excluding hydrogens is 294 g/mol. The number of aromatic hydroxyl groups is 1. The van der Waals surface area contributed by atoms with Gasteiger partial charge in [-0.1, -0.05) is 33.8 Å². The van der Waals surface area contributed by atoms with Crippen LogP contribution in [0.5, 0.6) is 5.75 Å². The van der Waals surface area contributed by atoms with Gasteiger partial charge in [-0.25, -0.2) is 0 Å². The molecule has 132 valence electrons. The van der Waals surface area contributed by atoms with Gasteiger partial charge < -0.3 is 10.8 Å². The van der Waals surface area contributed by atoms with E-state index in [0.717, 1.165) is 12.8 Å². The number of aryl methyl sites for hydroxylation is 1. The maximum Gasteiger partial charge on any atom is 0.119 e. The lowest BCUT2D eigenvalue weighted by atomic mass is 9.43. The Kier molecular flexibility index (Phi) is 3.28. The minimum absolute atomic E-state index is 0.121. The van der Waals surface area contributed by atoms with Crippen molar-refractivity contribution in [2.75, 3.05) is 0 Å². The van der Waals surface area contributed by atoms with E-state index in [9.17, 15) is 5.11 Å². The summed E-state index contributed by atoms with van der Waals surface area (Å²) in [7, 11) is 0. The highest BCUT2D eigenvalue weighted by atomic mass is 16.3. The van der Waals surface area contributed by atoms with E-state index in [4.69, 9.17) is 5.73 Å². The topological polar surface area (TPSA) is 46.2 Å². The van der Waals surface area contributed by atoms with Gasteiger partial charge in [-0.2, -0.15) is 0 Å². The molecule has 0 spiro atoms. The molecule has 24 heavy (non-hydrogen) atoms. The number of hydrogen-bond donors (Lipinski definition) is 2. The fourth-order valence-corrected chi connectivity index (χ4v) is 7.22. The fourth-order valence-electron chi connectivity index (χ4n) is 7.22. The Morgan fingerprint density at radius 3 is 2.46 bits per heavy atom. The molecule has 0 aliphatic heterocycles. The largest absolute Gasteiger partial charge is 0.508 e. The SMILES string of the molecule is Cc1cc(O)c2c(c1)CC1C2(C)CCC2C(C)(C)C(N)CCC12C. The maximum absolute atomic E-state index is 10.7. The molecular formula is C22H33NO. The second-order valence-electron chi connectivity index (χ2n) is 10.1. The molecule has 5 atom stereocenters. The first kappa shape index (κ1) is 16.4. The van der Waals surface area contributed by atoms with Crippen LogP contribution in [0.2, 0.25) is 0 Å². The molecule has 5 unspecified atom stereocenters. The zero-order valence-corrected chi connectivity index (χ0v) is 15.9. The van der Waals surface area contributed by atoms with Crippen molar-refractivity contribution in [1.82, 2.24) is 0 Å². The minimum Gasteiger partial charge on any atom is -0.508 e. The molecule has 2 fully saturated rings. The molecule has 0 saturated heterocycles. The molecule has 4 rings (SSSR count). The lowest BCUT2D eigenvalue weighted by Crippen LogP contribution is -2.60. The summed E-state index contributed by atoms with van der Waals surface area (Å²) in [4.78, 5) is 0. The highest BCUT2D eigenvalue weighted by Crippen LogP contribution is 2.68. The quantitative estimate of drug-likeness (QED) is 0.726. The van der Waals surface area contributed by atoms with E-state index in [1.165, 1.54) is 36.0 Å². The molecule has 0 aromatic heterocycles. The molecule has 1 aromatic carbocycles. The van der Waals surface area contributed by atoms with Crippen LogP contribution in [-0.4, -0.2) is 11.1 Å². The number of fused-ring (bicyclic) bond motifs is 5. The number of nitrogens with two attached hydrogens (primary N) is 1. The molecule has 3 aliphatic carbocycles. The van der Waals surface area contributed by atoms with E-state index in [-0.39, 0.29) is 10.8 Å². The number of rotatable bonds is 0. The Hall–Kier alpha value is -1.02. The molecule has 0 amide bonds. The molecule has 3 N–H and O–H groups in total. The number of phenolic OH excluding ortho intramolecular Hbond substituents is 1. The summed E-state index contributed by atoms with van der Waals surface area (Å²) in [5.41, 5.74) is 11.0. The van der Waals surface area contributed by atoms with Crippen molar-refractivity contribution in [2.45, 2.75) is 78.2 Å². The first-order valence-corrected chi connectivity index (χ1v) is 9.69. The summed E-state index contributed by atoms with van der Waals surface area (Å²) >= 11 is 0. The van der Waals surface area contributed by atoms with Crippen LogP contribution in [0, 0.1) is 29.6 Å². The van der Waals surface area contributed by atoms with Crippen molar-refractivity contribution in [3.63, 3.8) is 0 Å². The lowest BCUT2D eigenvalue weighted by Gasteiger charge is -2.62. The Morgan fingerprint density at radius 2 is 1.75 bits per heavy atom. The predicted molar refractivity (Wildman–Crippen MR) is 99.2 cm³/mol. The van der Waals surface area contributed by atoms with Gasteiger partial charge in [0, 0.05) is 17.0 Å². The molecule has 2 nitrogen and oxygen atoms in total. The third-order valence-corrected chi connectivity index (χ3v) is 8.50. The van der Waals surface area contributed by atoms with Crippen LogP contribution in [0.1, 0.15) is 70.1 Å². The Bertz CT molecular complexity index is 693. The van der Waals surface area contributed by atoms with E-state index >= 15 is 0 Å². The zero-order chi connectivity index (χ0) is 17.5. The van der Waals surface area contributed by atoms with Gasteiger partial charge in [0.15, 0.2) is 0 Å². The van der Waals surface area contributed by atoms with Gasteiger partial charge in [0.2, 0.25) is 0 Å². The van der Waals surface area contributed by atoms with Crippen molar-refractivity contribution in [3.05, 3.63) is 28.8 Å². The summed E-state index contributed by atoms with van der Waals surface area (Å²) in [6.07, 6.45) is 5.90. The first-order valence-electron chi connectivity index (χ1n) is 9.69. The van der Waals surface area contributed by atoms with Crippen LogP contribution >= 0.6 is 0 Å². The molecule has 1 aromatic rings.